The topological polar surface area (TPSA) is 72.7 Å². The average molecular weight is 302 g/mol. The Morgan fingerprint density at radius 1 is 1.27 bits per heavy atom. The van der Waals surface area contributed by atoms with Gasteiger partial charge in [0.25, 0.3) is 0 Å². The fourth-order valence-electron chi connectivity index (χ4n) is 2.20. The zero-order valence-electron chi connectivity index (χ0n) is 12.3. The molecule has 2 N–H and O–H groups in total. The molecule has 1 aliphatic rings. The largest absolute Gasteiger partial charge is 0.468 e. The third-order valence-corrected chi connectivity index (χ3v) is 3.47. The summed E-state index contributed by atoms with van der Waals surface area (Å²) >= 11 is 0. The molecule has 0 saturated carbocycles. The third-order valence-electron chi connectivity index (χ3n) is 3.47. The van der Waals surface area contributed by atoms with Crippen molar-refractivity contribution < 1.29 is 18.7 Å². The van der Waals surface area contributed by atoms with Gasteiger partial charge in [-0.2, -0.15) is 0 Å². The Morgan fingerprint density at radius 2 is 2.14 bits per heavy atom. The van der Waals surface area contributed by atoms with Gasteiger partial charge in [-0.1, -0.05) is 6.07 Å². The molecule has 0 radical (unpaired) electrons. The van der Waals surface area contributed by atoms with E-state index in [4.69, 9.17) is 13.9 Å². The summed E-state index contributed by atoms with van der Waals surface area (Å²) in [5, 5.41) is 5.97. The summed E-state index contributed by atoms with van der Waals surface area (Å²) in [4.78, 5) is 11.9. The third kappa shape index (κ3) is 3.40. The first kappa shape index (κ1) is 14.5. The molecule has 3 rings (SSSR count). The number of fused-ring (bicyclic) bond motifs is 1. The van der Waals surface area contributed by atoms with Gasteiger partial charge in [0.15, 0.2) is 11.5 Å². The Morgan fingerprint density at radius 3 is 2.95 bits per heavy atom. The maximum absolute atomic E-state index is 11.9. The van der Waals surface area contributed by atoms with E-state index >= 15 is 0 Å². The van der Waals surface area contributed by atoms with Crippen LogP contribution in [0.25, 0.3) is 0 Å². The van der Waals surface area contributed by atoms with Crippen molar-refractivity contribution in [2.24, 2.45) is 0 Å². The number of rotatable bonds is 6. The predicted molar refractivity (Wildman–Crippen MR) is 79.5 cm³/mol. The first-order chi connectivity index (χ1) is 10.7. The molecule has 0 saturated heterocycles. The second kappa shape index (κ2) is 6.53. The summed E-state index contributed by atoms with van der Waals surface area (Å²) in [6.07, 6.45) is 1.62. The van der Waals surface area contributed by atoms with Gasteiger partial charge in [0.2, 0.25) is 12.7 Å². The predicted octanol–water partition coefficient (Wildman–Crippen LogP) is 1.98. The highest BCUT2D eigenvalue weighted by atomic mass is 16.7. The van der Waals surface area contributed by atoms with Gasteiger partial charge in [-0.15, -0.1) is 0 Å². The zero-order valence-corrected chi connectivity index (χ0v) is 12.3. The van der Waals surface area contributed by atoms with Gasteiger partial charge >= 0.3 is 0 Å². The highest BCUT2D eigenvalue weighted by Crippen LogP contribution is 2.32. The number of carbonyl (C=O) groups excluding carboxylic acids is 1. The van der Waals surface area contributed by atoms with Crippen LogP contribution in [0, 0.1) is 0 Å². The Labute approximate surface area is 128 Å². The molecule has 1 aromatic carbocycles. The molecule has 2 aromatic rings. The first-order valence-electron chi connectivity index (χ1n) is 7.14. The summed E-state index contributed by atoms with van der Waals surface area (Å²) in [7, 11) is 0. The molecule has 6 heteroatoms. The molecule has 0 aliphatic carbocycles. The van der Waals surface area contributed by atoms with E-state index < -0.39 is 0 Å². The summed E-state index contributed by atoms with van der Waals surface area (Å²) < 4.78 is 15.8. The standard InChI is InChI=1S/C16H18N2O4/c1-11(13-3-2-6-20-13)17-9-16(19)18-8-12-4-5-14-15(7-12)22-10-21-14/h2-7,11,17H,8-10H2,1H3,(H,18,19)/t11-/m0/s1. The van der Waals surface area contributed by atoms with Gasteiger partial charge in [0.05, 0.1) is 18.8 Å². The van der Waals surface area contributed by atoms with Crippen LogP contribution in [0.15, 0.2) is 41.0 Å². The smallest absolute Gasteiger partial charge is 0.234 e. The Bertz CT molecular complexity index is 640. The lowest BCUT2D eigenvalue weighted by Gasteiger charge is -2.11. The van der Waals surface area contributed by atoms with Crippen molar-refractivity contribution in [1.29, 1.82) is 0 Å². The van der Waals surface area contributed by atoms with Crippen molar-refractivity contribution in [3.8, 4) is 11.5 Å². The highest BCUT2D eigenvalue weighted by Gasteiger charge is 2.14. The van der Waals surface area contributed by atoms with E-state index in [-0.39, 0.29) is 25.3 Å². The number of hydrogen-bond acceptors (Lipinski definition) is 5. The molecule has 1 amide bonds. The molecule has 1 aromatic heterocycles. The van der Waals surface area contributed by atoms with Crippen LogP contribution in [0.3, 0.4) is 0 Å². The van der Waals surface area contributed by atoms with E-state index in [2.05, 4.69) is 10.6 Å². The summed E-state index contributed by atoms with van der Waals surface area (Å²) in [5.41, 5.74) is 0.969. The van der Waals surface area contributed by atoms with Crippen LogP contribution in [0.1, 0.15) is 24.3 Å². The zero-order chi connectivity index (χ0) is 15.4. The molecule has 6 nitrogen and oxygen atoms in total. The van der Waals surface area contributed by atoms with Crippen LogP contribution in [-0.4, -0.2) is 19.2 Å². The van der Waals surface area contributed by atoms with Crippen molar-refractivity contribution in [2.45, 2.75) is 19.5 Å². The highest BCUT2D eigenvalue weighted by molar-refractivity contribution is 5.78. The lowest BCUT2D eigenvalue weighted by Crippen LogP contribution is -2.34. The minimum Gasteiger partial charge on any atom is -0.468 e. The Hall–Kier alpha value is -2.47. The number of furan rings is 1. The van der Waals surface area contributed by atoms with Crippen molar-refractivity contribution >= 4 is 5.91 Å². The molecule has 0 bridgehead atoms. The second-order valence-electron chi connectivity index (χ2n) is 5.08. The van der Waals surface area contributed by atoms with Crippen LogP contribution < -0.4 is 20.1 Å². The number of ether oxygens (including phenoxy) is 2. The van der Waals surface area contributed by atoms with E-state index in [1.54, 1.807) is 6.26 Å². The van der Waals surface area contributed by atoms with Crippen molar-refractivity contribution in [2.75, 3.05) is 13.3 Å². The fourth-order valence-corrected chi connectivity index (χ4v) is 2.20. The SMILES string of the molecule is C[C@H](NCC(=O)NCc1ccc2c(c1)OCO2)c1ccco1. The van der Waals surface area contributed by atoms with Crippen LogP contribution in [0.4, 0.5) is 0 Å². The van der Waals surface area contributed by atoms with Crippen LogP contribution in [0.5, 0.6) is 11.5 Å². The van der Waals surface area contributed by atoms with E-state index in [0.717, 1.165) is 22.8 Å². The molecule has 116 valence electrons. The molecule has 0 spiro atoms. The minimum atomic E-state index is -0.0731. The molecule has 22 heavy (non-hydrogen) atoms. The summed E-state index contributed by atoms with van der Waals surface area (Å²) in [6.45, 7) is 2.88. The van der Waals surface area contributed by atoms with Crippen LogP contribution in [0.2, 0.25) is 0 Å². The first-order valence-corrected chi connectivity index (χ1v) is 7.14. The molecule has 2 heterocycles. The maximum atomic E-state index is 11.9. The quantitative estimate of drug-likeness (QED) is 0.853. The normalized spacial score (nSPS) is 13.9. The summed E-state index contributed by atoms with van der Waals surface area (Å²) in [5.74, 6) is 2.19. The fraction of sp³-hybridized carbons (Fsp3) is 0.312. The minimum absolute atomic E-state index is 0.00806. The van der Waals surface area contributed by atoms with E-state index in [9.17, 15) is 4.79 Å². The summed E-state index contributed by atoms with van der Waals surface area (Å²) in [6, 6.07) is 9.33. The van der Waals surface area contributed by atoms with Gasteiger partial charge in [-0.25, -0.2) is 0 Å². The molecule has 1 aliphatic heterocycles. The van der Waals surface area contributed by atoms with Crippen molar-refractivity contribution in [3.63, 3.8) is 0 Å². The van der Waals surface area contributed by atoms with Crippen LogP contribution in [-0.2, 0) is 11.3 Å². The molecule has 1 atom stereocenters. The number of carbonyl (C=O) groups is 1. The van der Waals surface area contributed by atoms with Crippen LogP contribution >= 0.6 is 0 Å². The van der Waals surface area contributed by atoms with Gasteiger partial charge in [0.1, 0.15) is 5.76 Å². The molecular formula is C16H18N2O4. The van der Waals surface area contributed by atoms with E-state index in [0.29, 0.717) is 6.54 Å². The molecule has 0 fully saturated rings. The average Bonchev–Trinajstić information content (AvgIpc) is 3.20. The number of benzene rings is 1. The Balaban J connectivity index is 1.44. The van der Waals surface area contributed by atoms with E-state index in [1.165, 1.54) is 0 Å². The number of hydrogen-bond donors (Lipinski definition) is 2. The van der Waals surface area contributed by atoms with Gasteiger partial charge in [-0.05, 0) is 36.8 Å². The van der Waals surface area contributed by atoms with Crippen molar-refractivity contribution in [1.82, 2.24) is 10.6 Å². The molecule has 0 unspecified atom stereocenters. The Kier molecular flexibility index (Phi) is 4.29. The monoisotopic (exact) mass is 302 g/mol. The number of amides is 1. The molecular weight excluding hydrogens is 284 g/mol. The van der Waals surface area contributed by atoms with E-state index in [1.807, 2.05) is 37.3 Å². The van der Waals surface area contributed by atoms with Gasteiger partial charge in [-0.3, -0.25) is 10.1 Å². The lowest BCUT2D eigenvalue weighted by molar-refractivity contribution is -0.120. The second-order valence-corrected chi connectivity index (χ2v) is 5.08. The van der Waals surface area contributed by atoms with Gasteiger partial charge < -0.3 is 19.2 Å². The number of nitrogens with one attached hydrogen (secondary N) is 2. The maximum Gasteiger partial charge on any atom is 0.234 e. The van der Waals surface area contributed by atoms with Crippen molar-refractivity contribution in [3.05, 3.63) is 47.9 Å². The van der Waals surface area contributed by atoms with Gasteiger partial charge in [0, 0.05) is 6.54 Å². The lowest BCUT2D eigenvalue weighted by atomic mass is 10.2.